The van der Waals surface area contributed by atoms with Gasteiger partial charge in [0, 0.05) is 31.9 Å². The molecule has 0 saturated carbocycles. The summed E-state index contributed by atoms with van der Waals surface area (Å²) in [5.74, 6) is 0.756. The van der Waals surface area contributed by atoms with E-state index < -0.39 is 10.0 Å². The van der Waals surface area contributed by atoms with Crippen LogP contribution in [0.3, 0.4) is 0 Å². The minimum absolute atomic E-state index is 0.182. The highest BCUT2D eigenvalue weighted by Gasteiger charge is 2.13. The Morgan fingerprint density at radius 2 is 1.86 bits per heavy atom. The monoisotopic (exact) mass is 400 g/mol. The number of pyridine rings is 1. The van der Waals surface area contributed by atoms with Crippen molar-refractivity contribution in [1.29, 1.82) is 0 Å². The van der Waals surface area contributed by atoms with Gasteiger partial charge in [0.25, 0.3) is 0 Å². The molecular formula is C20H24N4O3S. The Labute approximate surface area is 165 Å². The summed E-state index contributed by atoms with van der Waals surface area (Å²) in [6.07, 6.45) is 7.27. The van der Waals surface area contributed by atoms with Gasteiger partial charge in [0.05, 0.1) is 4.90 Å². The van der Waals surface area contributed by atoms with Crippen LogP contribution >= 0.6 is 0 Å². The third kappa shape index (κ3) is 5.17. The molecule has 3 rings (SSSR count). The zero-order valence-electron chi connectivity index (χ0n) is 15.8. The normalized spacial score (nSPS) is 14.5. The van der Waals surface area contributed by atoms with Gasteiger partial charge >= 0.3 is 0 Å². The smallest absolute Gasteiger partial charge is 0.244 e. The molecule has 0 spiro atoms. The third-order valence-corrected chi connectivity index (χ3v) is 6.02. The van der Waals surface area contributed by atoms with Crippen LogP contribution in [-0.2, 0) is 21.4 Å². The zero-order chi connectivity index (χ0) is 20.0. The number of amides is 1. The summed E-state index contributed by atoms with van der Waals surface area (Å²) < 4.78 is 25.6. The fraction of sp³-hybridized carbons (Fsp3) is 0.300. The predicted molar refractivity (Wildman–Crippen MR) is 109 cm³/mol. The van der Waals surface area contributed by atoms with Gasteiger partial charge < -0.3 is 10.2 Å². The largest absolute Gasteiger partial charge is 0.357 e. The summed E-state index contributed by atoms with van der Waals surface area (Å²) in [4.78, 5) is 18.9. The number of nitrogens with one attached hydrogen (secondary N) is 2. The van der Waals surface area contributed by atoms with Crippen molar-refractivity contribution in [2.75, 3.05) is 25.0 Å². The molecule has 0 aliphatic carbocycles. The Balaban J connectivity index is 1.51. The van der Waals surface area contributed by atoms with Crippen molar-refractivity contribution in [2.45, 2.75) is 24.3 Å². The van der Waals surface area contributed by atoms with E-state index in [-0.39, 0.29) is 10.8 Å². The van der Waals surface area contributed by atoms with Crippen LogP contribution in [0.1, 0.15) is 24.0 Å². The van der Waals surface area contributed by atoms with E-state index >= 15 is 0 Å². The number of sulfonamides is 1. The summed E-state index contributed by atoms with van der Waals surface area (Å²) in [6, 6.07) is 10.3. The molecule has 0 unspecified atom stereocenters. The Morgan fingerprint density at radius 1 is 1.14 bits per heavy atom. The molecule has 2 N–H and O–H groups in total. The van der Waals surface area contributed by atoms with Crippen LogP contribution in [0.4, 0.5) is 5.82 Å². The van der Waals surface area contributed by atoms with Crippen molar-refractivity contribution >= 4 is 27.8 Å². The van der Waals surface area contributed by atoms with Gasteiger partial charge in [-0.1, -0.05) is 18.2 Å². The summed E-state index contributed by atoms with van der Waals surface area (Å²) in [6.45, 7) is 2.50. The van der Waals surface area contributed by atoms with E-state index in [4.69, 9.17) is 0 Å². The number of carbonyl (C=O) groups is 1. The molecule has 1 aliphatic rings. The molecule has 1 aromatic heterocycles. The predicted octanol–water partition coefficient (Wildman–Crippen LogP) is 1.92. The van der Waals surface area contributed by atoms with Crippen molar-refractivity contribution in [3.63, 3.8) is 0 Å². The summed E-state index contributed by atoms with van der Waals surface area (Å²) in [5, 5.41) is 2.82. The molecule has 0 radical (unpaired) electrons. The van der Waals surface area contributed by atoms with Crippen LogP contribution < -0.4 is 14.9 Å². The number of aromatic nitrogens is 1. The summed E-state index contributed by atoms with van der Waals surface area (Å²) in [5.41, 5.74) is 1.67. The Morgan fingerprint density at radius 3 is 2.46 bits per heavy atom. The maximum atomic E-state index is 12.0. The molecule has 7 nitrogen and oxygen atoms in total. The topological polar surface area (TPSA) is 91.4 Å². The van der Waals surface area contributed by atoms with Gasteiger partial charge in [0.15, 0.2) is 0 Å². The maximum Gasteiger partial charge on any atom is 0.244 e. The van der Waals surface area contributed by atoms with Crippen LogP contribution in [0, 0.1) is 0 Å². The number of rotatable bonds is 7. The van der Waals surface area contributed by atoms with Crippen molar-refractivity contribution in [3.8, 4) is 0 Å². The number of hydrogen-bond donors (Lipinski definition) is 2. The first-order valence-corrected chi connectivity index (χ1v) is 10.7. The molecule has 148 valence electrons. The molecule has 28 heavy (non-hydrogen) atoms. The van der Waals surface area contributed by atoms with E-state index in [1.165, 1.54) is 38.1 Å². The van der Waals surface area contributed by atoms with Crippen LogP contribution in [0.5, 0.6) is 0 Å². The number of benzene rings is 1. The standard InChI is InChI=1S/C20H24N4O3S/c1-21-28(26,27)18-8-4-16(5-9-18)7-11-20(25)23-15-17-6-10-19(22-14-17)24-12-2-3-13-24/h4-11,14,21H,2-3,12-13,15H2,1H3,(H,23,25)/b11-7+. The molecule has 2 heterocycles. The van der Waals surface area contributed by atoms with Gasteiger partial charge in [0.2, 0.25) is 15.9 Å². The van der Waals surface area contributed by atoms with E-state index in [2.05, 4.69) is 19.9 Å². The molecule has 8 heteroatoms. The maximum absolute atomic E-state index is 12.0. The highest BCUT2D eigenvalue weighted by Crippen LogP contribution is 2.17. The van der Waals surface area contributed by atoms with Gasteiger partial charge in [-0.05, 0) is 55.3 Å². The Bertz CT molecular complexity index is 932. The van der Waals surface area contributed by atoms with Crippen molar-refractivity contribution < 1.29 is 13.2 Å². The molecule has 2 aromatic rings. The SMILES string of the molecule is CNS(=O)(=O)c1ccc(/C=C/C(=O)NCc2ccc(N3CCCC3)nc2)cc1. The van der Waals surface area contributed by atoms with Crippen molar-refractivity contribution in [2.24, 2.45) is 0 Å². The third-order valence-electron chi connectivity index (χ3n) is 4.59. The van der Waals surface area contributed by atoms with Crippen molar-refractivity contribution in [3.05, 3.63) is 59.8 Å². The summed E-state index contributed by atoms with van der Waals surface area (Å²) in [7, 11) is -2.09. The molecule has 0 atom stereocenters. The van der Waals surface area contributed by atoms with Crippen LogP contribution in [-0.4, -0.2) is 39.4 Å². The van der Waals surface area contributed by atoms with Gasteiger partial charge in [-0.3, -0.25) is 4.79 Å². The van der Waals surface area contributed by atoms with E-state index in [1.54, 1.807) is 24.4 Å². The van der Waals surface area contributed by atoms with Crippen LogP contribution in [0.2, 0.25) is 0 Å². The number of nitrogens with zero attached hydrogens (tertiary/aromatic N) is 2. The van der Waals surface area contributed by atoms with Crippen molar-refractivity contribution in [1.82, 2.24) is 15.0 Å². The average molecular weight is 401 g/mol. The zero-order valence-corrected chi connectivity index (χ0v) is 16.6. The molecule has 1 saturated heterocycles. The van der Waals surface area contributed by atoms with Gasteiger partial charge in [-0.25, -0.2) is 18.1 Å². The number of carbonyl (C=O) groups excluding carboxylic acids is 1. The molecule has 1 fully saturated rings. The first-order chi connectivity index (χ1) is 13.5. The van der Waals surface area contributed by atoms with Crippen LogP contribution in [0.25, 0.3) is 6.08 Å². The summed E-state index contributed by atoms with van der Waals surface area (Å²) >= 11 is 0. The second-order valence-corrected chi connectivity index (χ2v) is 8.43. The lowest BCUT2D eigenvalue weighted by atomic mass is 10.2. The quantitative estimate of drug-likeness (QED) is 0.693. The Hall–Kier alpha value is -2.71. The average Bonchev–Trinajstić information content (AvgIpc) is 3.26. The second kappa shape index (κ2) is 8.99. The second-order valence-electron chi connectivity index (χ2n) is 6.55. The minimum atomic E-state index is -3.46. The fourth-order valence-electron chi connectivity index (χ4n) is 2.95. The molecule has 1 aromatic carbocycles. The number of hydrogen-bond acceptors (Lipinski definition) is 5. The van der Waals surface area contributed by atoms with Gasteiger partial charge in [-0.2, -0.15) is 0 Å². The lowest BCUT2D eigenvalue weighted by Gasteiger charge is -2.16. The highest BCUT2D eigenvalue weighted by molar-refractivity contribution is 7.89. The molecule has 1 amide bonds. The minimum Gasteiger partial charge on any atom is -0.357 e. The lowest BCUT2D eigenvalue weighted by Crippen LogP contribution is -2.21. The Kier molecular flexibility index (Phi) is 6.43. The molecular weight excluding hydrogens is 376 g/mol. The first-order valence-electron chi connectivity index (χ1n) is 9.17. The van der Waals surface area contributed by atoms with E-state index in [1.807, 2.05) is 12.1 Å². The first kappa shape index (κ1) is 20.0. The van der Waals surface area contributed by atoms with E-state index in [9.17, 15) is 13.2 Å². The van der Waals surface area contributed by atoms with Gasteiger partial charge in [0.1, 0.15) is 5.82 Å². The molecule has 1 aliphatic heterocycles. The van der Waals surface area contributed by atoms with E-state index in [0.717, 1.165) is 30.0 Å². The molecule has 0 bridgehead atoms. The highest BCUT2D eigenvalue weighted by atomic mass is 32.2. The fourth-order valence-corrected chi connectivity index (χ4v) is 3.68. The van der Waals surface area contributed by atoms with E-state index in [0.29, 0.717) is 6.54 Å². The van der Waals surface area contributed by atoms with Gasteiger partial charge in [-0.15, -0.1) is 0 Å². The van der Waals surface area contributed by atoms with Crippen LogP contribution in [0.15, 0.2) is 53.6 Å². The lowest BCUT2D eigenvalue weighted by molar-refractivity contribution is -0.116. The number of anilines is 1.